The van der Waals surface area contributed by atoms with Gasteiger partial charge in [0.25, 0.3) is 0 Å². The van der Waals surface area contributed by atoms with Crippen LogP contribution in [0.4, 0.5) is 0 Å². The lowest BCUT2D eigenvalue weighted by Crippen LogP contribution is -1.62. The summed E-state index contributed by atoms with van der Waals surface area (Å²) in [5, 5.41) is 2.61. The maximum atomic E-state index is 4.50. The van der Waals surface area contributed by atoms with E-state index in [0.717, 1.165) is 0 Å². The number of hydrogen-bond acceptors (Lipinski definition) is 0. The lowest BCUT2D eigenvalue weighted by atomic mass is 10.2. The summed E-state index contributed by atoms with van der Waals surface area (Å²) in [5.41, 5.74) is 2.42. The quantitative estimate of drug-likeness (QED) is 0.525. The largest absolute Gasteiger partial charge is 0.355 e. The van der Waals surface area contributed by atoms with Gasteiger partial charge in [0.05, 0.1) is 7.85 Å². The van der Waals surface area contributed by atoms with Crippen LogP contribution in [0.3, 0.4) is 0 Å². The van der Waals surface area contributed by atoms with Crippen molar-refractivity contribution in [1.29, 1.82) is 0 Å². The average Bonchev–Trinajstić information content (AvgIpc) is 2.70. The molecule has 0 unspecified atom stereocenters. The summed E-state index contributed by atoms with van der Waals surface area (Å²) < 4.78 is 0. The van der Waals surface area contributed by atoms with Gasteiger partial charge < -0.3 is 4.98 Å². The predicted molar refractivity (Wildman–Crippen MR) is 67.4 cm³/mol. The van der Waals surface area contributed by atoms with Gasteiger partial charge in [0.15, 0.2) is 0 Å². The maximum Gasteiger partial charge on any atom is 0.0606 e. The number of rotatable bonds is 0. The van der Waals surface area contributed by atoms with Gasteiger partial charge in [-0.2, -0.15) is 0 Å². The number of nitrogens with one attached hydrogen (secondary N) is 1. The Hall–Kier alpha value is -1.70. The fourth-order valence-electron chi connectivity index (χ4n) is 1.80. The van der Waals surface area contributed by atoms with Gasteiger partial charge in [-0.05, 0) is 12.1 Å². The molecule has 0 aliphatic carbocycles. The molecular weight excluding hydrogens is 181 g/mol. The summed E-state index contributed by atoms with van der Waals surface area (Å²) in [6, 6.07) is 16.8. The standard InChI is InChI=1S/C12H9N.CH3B/c1-3-7-11-9(5-1)10-6-2-4-8-12(10)13-11;1-2/h1-8,13H;1H3. The topological polar surface area (TPSA) is 15.8 Å². The van der Waals surface area contributed by atoms with Crippen LogP contribution < -0.4 is 0 Å². The SMILES string of the molecule is [B]C.c1ccc2c(c1)[nH]c1ccccc12. The van der Waals surface area contributed by atoms with Crippen LogP contribution in [0.1, 0.15) is 0 Å². The number of fused-ring (bicyclic) bond motifs is 3. The van der Waals surface area contributed by atoms with Gasteiger partial charge in [-0.25, -0.2) is 0 Å². The fourth-order valence-corrected chi connectivity index (χ4v) is 1.80. The molecule has 2 aromatic carbocycles. The minimum Gasteiger partial charge on any atom is -0.355 e. The van der Waals surface area contributed by atoms with Gasteiger partial charge in [0.2, 0.25) is 0 Å². The van der Waals surface area contributed by atoms with E-state index in [-0.39, 0.29) is 0 Å². The van der Waals surface area contributed by atoms with Crippen molar-refractivity contribution >= 4 is 29.7 Å². The molecule has 0 bridgehead atoms. The zero-order valence-corrected chi connectivity index (χ0v) is 8.70. The van der Waals surface area contributed by atoms with Gasteiger partial charge in [-0.1, -0.05) is 43.2 Å². The number of hydrogen-bond donors (Lipinski definition) is 1. The molecule has 3 aromatic rings. The summed E-state index contributed by atoms with van der Waals surface area (Å²) in [6.07, 6.45) is 0. The molecule has 0 aliphatic heterocycles. The summed E-state index contributed by atoms with van der Waals surface area (Å²) in [6.45, 7) is 1.50. The first-order valence-electron chi connectivity index (χ1n) is 4.98. The summed E-state index contributed by atoms with van der Waals surface area (Å²) in [7, 11) is 4.50. The highest BCUT2D eigenvalue weighted by molar-refractivity contribution is 6.07. The second kappa shape index (κ2) is 4.22. The first kappa shape index (κ1) is 9.84. The van der Waals surface area contributed by atoms with Crippen molar-refractivity contribution in [1.82, 2.24) is 4.98 Å². The van der Waals surface area contributed by atoms with Crippen LogP contribution in [0.25, 0.3) is 21.8 Å². The third-order valence-corrected chi connectivity index (χ3v) is 2.41. The first-order chi connectivity index (χ1) is 7.45. The minimum absolute atomic E-state index is 1.21. The molecule has 0 spiro atoms. The molecule has 0 saturated carbocycles. The van der Waals surface area contributed by atoms with E-state index in [1.807, 2.05) is 0 Å². The molecule has 0 atom stereocenters. The molecule has 1 nitrogen and oxygen atoms in total. The number of para-hydroxylation sites is 2. The second-order valence-electron chi connectivity index (χ2n) is 3.22. The monoisotopic (exact) mass is 193 g/mol. The Morgan fingerprint density at radius 2 is 1.13 bits per heavy atom. The molecule has 0 saturated heterocycles. The zero-order chi connectivity index (χ0) is 10.7. The Bertz CT molecular complexity index is 518. The third-order valence-electron chi connectivity index (χ3n) is 2.41. The normalized spacial score (nSPS) is 9.93. The van der Waals surface area contributed by atoms with Crippen molar-refractivity contribution < 1.29 is 0 Å². The Labute approximate surface area is 90.5 Å². The lowest BCUT2D eigenvalue weighted by Gasteiger charge is -1.87. The van der Waals surface area contributed by atoms with Crippen molar-refractivity contribution in [2.45, 2.75) is 6.82 Å². The number of benzene rings is 2. The van der Waals surface area contributed by atoms with Gasteiger partial charge in [0, 0.05) is 21.8 Å². The van der Waals surface area contributed by atoms with Crippen molar-refractivity contribution in [2.24, 2.45) is 0 Å². The Kier molecular flexibility index (Phi) is 2.77. The molecule has 3 rings (SSSR count). The van der Waals surface area contributed by atoms with E-state index in [4.69, 9.17) is 0 Å². The zero-order valence-electron chi connectivity index (χ0n) is 8.70. The van der Waals surface area contributed by atoms with Crippen LogP contribution in [-0.4, -0.2) is 12.8 Å². The van der Waals surface area contributed by atoms with E-state index < -0.39 is 0 Å². The van der Waals surface area contributed by atoms with E-state index >= 15 is 0 Å². The molecule has 2 radical (unpaired) electrons. The van der Waals surface area contributed by atoms with E-state index in [9.17, 15) is 0 Å². The molecule has 72 valence electrons. The second-order valence-corrected chi connectivity index (χ2v) is 3.22. The van der Waals surface area contributed by atoms with Gasteiger partial charge in [-0.3, -0.25) is 0 Å². The maximum absolute atomic E-state index is 4.50. The van der Waals surface area contributed by atoms with Crippen molar-refractivity contribution in [3.8, 4) is 0 Å². The van der Waals surface area contributed by atoms with E-state index in [2.05, 4.69) is 61.4 Å². The molecule has 15 heavy (non-hydrogen) atoms. The van der Waals surface area contributed by atoms with E-state index in [1.54, 1.807) is 0 Å². The molecule has 1 aromatic heterocycles. The smallest absolute Gasteiger partial charge is 0.0606 e. The average molecular weight is 193 g/mol. The van der Waals surface area contributed by atoms with Crippen LogP contribution >= 0.6 is 0 Å². The van der Waals surface area contributed by atoms with Crippen LogP contribution in [0, 0.1) is 0 Å². The molecule has 0 amide bonds. The first-order valence-corrected chi connectivity index (χ1v) is 4.98. The Balaban J connectivity index is 0.000000404. The Morgan fingerprint density at radius 1 is 0.733 bits per heavy atom. The molecule has 2 heteroatoms. The highest BCUT2D eigenvalue weighted by Crippen LogP contribution is 2.24. The predicted octanol–water partition coefficient (Wildman–Crippen LogP) is 3.52. The third kappa shape index (κ3) is 1.63. The lowest BCUT2D eigenvalue weighted by molar-refractivity contribution is 1.55. The molecule has 0 aliphatic rings. The van der Waals surface area contributed by atoms with Gasteiger partial charge in [0.1, 0.15) is 0 Å². The number of aromatic nitrogens is 1. The van der Waals surface area contributed by atoms with Crippen LogP contribution in [0.5, 0.6) is 0 Å². The number of H-pyrrole nitrogens is 1. The van der Waals surface area contributed by atoms with Crippen LogP contribution in [-0.2, 0) is 0 Å². The van der Waals surface area contributed by atoms with Gasteiger partial charge in [-0.15, -0.1) is 0 Å². The highest BCUT2D eigenvalue weighted by Gasteiger charge is 2.00. The fraction of sp³-hybridized carbons (Fsp3) is 0.0769. The van der Waals surface area contributed by atoms with Gasteiger partial charge >= 0.3 is 0 Å². The molecule has 1 N–H and O–H groups in total. The molecule has 1 heterocycles. The summed E-state index contributed by atoms with van der Waals surface area (Å²) in [5.74, 6) is 0. The van der Waals surface area contributed by atoms with Crippen LogP contribution in [0.2, 0.25) is 6.82 Å². The molecule has 0 fully saturated rings. The van der Waals surface area contributed by atoms with Crippen molar-refractivity contribution in [3.05, 3.63) is 48.5 Å². The Morgan fingerprint density at radius 3 is 1.60 bits per heavy atom. The van der Waals surface area contributed by atoms with Crippen molar-refractivity contribution in [3.63, 3.8) is 0 Å². The van der Waals surface area contributed by atoms with E-state index in [1.165, 1.54) is 28.6 Å². The number of aromatic amines is 1. The summed E-state index contributed by atoms with van der Waals surface area (Å²) >= 11 is 0. The van der Waals surface area contributed by atoms with Crippen molar-refractivity contribution in [2.75, 3.05) is 0 Å². The van der Waals surface area contributed by atoms with Crippen LogP contribution in [0.15, 0.2) is 48.5 Å². The summed E-state index contributed by atoms with van der Waals surface area (Å²) in [4.78, 5) is 3.38. The highest BCUT2D eigenvalue weighted by atomic mass is 14.7. The minimum atomic E-state index is 1.21. The molecular formula is C13H12BN. The van der Waals surface area contributed by atoms with E-state index in [0.29, 0.717) is 0 Å².